The molecule has 120 valence electrons. The van der Waals surface area contributed by atoms with Crippen molar-refractivity contribution >= 4 is 22.9 Å². The van der Waals surface area contributed by atoms with E-state index >= 15 is 0 Å². The van der Waals surface area contributed by atoms with E-state index in [4.69, 9.17) is 5.73 Å². The summed E-state index contributed by atoms with van der Waals surface area (Å²) in [6.45, 7) is 3.38. The number of fused-ring (bicyclic) bond motifs is 3. The Morgan fingerprint density at radius 3 is 2.74 bits per heavy atom. The van der Waals surface area contributed by atoms with Gasteiger partial charge < -0.3 is 16.0 Å². The Kier molecular flexibility index (Phi) is 3.83. The highest BCUT2D eigenvalue weighted by atomic mass is 32.1. The summed E-state index contributed by atoms with van der Waals surface area (Å²) in [5.74, 6) is 0.709. The van der Waals surface area contributed by atoms with Crippen LogP contribution in [0.3, 0.4) is 0 Å². The van der Waals surface area contributed by atoms with Crippen LogP contribution < -0.4 is 11.1 Å². The maximum atomic E-state index is 12.6. The van der Waals surface area contributed by atoms with E-state index in [1.54, 1.807) is 0 Å². The van der Waals surface area contributed by atoms with Gasteiger partial charge in [0.2, 0.25) is 0 Å². The van der Waals surface area contributed by atoms with Crippen molar-refractivity contribution in [2.45, 2.75) is 18.9 Å². The quantitative estimate of drug-likeness (QED) is 0.852. The van der Waals surface area contributed by atoms with Crippen LogP contribution in [0, 0.1) is 5.92 Å². The number of benzene rings is 1. The molecule has 23 heavy (non-hydrogen) atoms. The number of carbonyl (C=O) groups excluding carboxylic acids is 1. The monoisotopic (exact) mass is 327 g/mol. The number of hydrogen-bond donors (Lipinski definition) is 2. The van der Waals surface area contributed by atoms with Crippen LogP contribution in [0.2, 0.25) is 0 Å². The van der Waals surface area contributed by atoms with E-state index in [1.807, 2.05) is 36.4 Å². The standard InChI is InChI=1S/C18H21N3OS/c19-14-3-1-2-13(10-14)16-4-5-17(23-16)18(22)20-15-11-21-8-6-12(15)7-9-21/h1-5,10,12,15H,6-9,11,19H2,(H,20,22)/t15-/m0/s1. The summed E-state index contributed by atoms with van der Waals surface area (Å²) in [7, 11) is 0. The van der Waals surface area contributed by atoms with Gasteiger partial charge in [0, 0.05) is 23.2 Å². The lowest BCUT2D eigenvalue weighted by atomic mass is 9.84. The van der Waals surface area contributed by atoms with Gasteiger partial charge in [-0.25, -0.2) is 0 Å². The van der Waals surface area contributed by atoms with E-state index in [9.17, 15) is 4.79 Å². The third-order valence-corrected chi connectivity index (χ3v) is 6.11. The fraction of sp³-hybridized carbons (Fsp3) is 0.389. The summed E-state index contributed by atoms with van der Waals surface area (Å²) in [5.41, 5.74) is 7.65. The van der Waals surface area contributed by atoms with Crippen LogP contribution in [-0.4, -0.2) is 36.5 Å². The number of amides is 1. The van der Waals surface area contributed by atoms with Crippen LogP contribution in [0.1, 0.15) is 22.5 Å². The molecule has 3 aliphatic heterocycles. The Hall–Kier alpha value is -1.85. The highest BCUT2D eigenvalue weighted by molar-refractivity contribution is 7.17. The van der Waals surface area contributed by atoms with Crippen LogP contribution >= 0.6 is 11.3 Å². The molecule has 0 radical (unpaired) electrons. The number of thiophene rings is 1. The number of anilines is 1. The maximum absolute atomic E-state index is 12.6. The third-order valence-electron chi connectivity index (χ3n) is 4.97. The molecule has 0 spiro atoms. The molecule has 4 heterocycles. The van der Waals surface area contributed by atoms with Crippen molar-refractivity contribution in [1.82, 2.24) is 10.2 Å². The second kappa shape index (κ2) is 5.98. The molecule has 3 fully saturated rings. The van der Waals surface area contributed by atoms with Gasteiger partial charge in [0.05, 0.1) is 4.88 Å². The average Bonchev–Trinajstić information content (AvgIpc) is 3.06. The first kappa shape index (κ1) is 14.7. The lowest BCUT2D eigenvalue weighted by Crippen LogP contribution is -2.57. The molecule has 1 aromatic carbocycles. The zero-order valence-corrected chi connectivity index (χ0v) is 13.8. The van der Waals surface area contributed by atoms with Gasteiger partial charge in [0.25, 0.3) is 5.91 Å². The minimum Gasteiger partial charge on any atom is -0.399 e. The van der Waals surface area contributed by atoms with Gasteiger partial charge in [-0.1, -0.05) is 12.1 Å². The van der Waals surface area contributed by atoms with Crippen LogP contribution in [-0.2, 0) is 0 Å². The molecule has 0 saturated carbocycles. The molecule has 3 N–H and O–H groups in total. The highest BCUT2D eigenvalue weighted by Crippen LogP contribution is 2.31. The number of nitrogens with zero attached hydrogens (tertiary/aromatic N) is 1. The molecule has 1 aromatic heterocycles. The summed E-state index contributed by atoms with van der Waals surface area (Å²) in [5, 5.41) is 3.25. The van der Waals surface area contributed by atoms with Crippen molar-refractivity contribution in [1.29, 1.82) is 0 Å². The third kappa shape index (κ3) is 2.99. The molecule has 2 aromatic rings. The van der Waals surface area contributed by atoms with Crippen LogP contribution in [0.4, 0.5) is 5.69 Å². The van der Waals surface area contributed by atoms with Crippen molar-refractivity contribution in [2.75, 3.05) is 25.4 Å². The minimum absolute atomic E-state index is 0.0592. The number of piperidine rings is 3. The lowest BCUT2D eigenvalue weighted by molar-refractivity contribution is 0.0622. The van der Waals surface area contributed by atoms with Crippen molar-refractivity contribution in [3.63, 3.8) is 0 Å². The zero-order chi connectivity index (χ0) is 15.8. The van der Waals surface area contributed by atoms with Crippen molar-refractivity contribution < 1.29 is 4.79 Å². The number of nitrogens with two attached hydrogens (primary N) is 1. The van der Waals surface area contributed by atoms with E-state index < -0.39 is 0 Å². The van der Waals surface area contributed by atoms with Gasteiger partial charge in [-0.2, -0.15) is 0 Å². The SMILES string of the molecule is Nc1cccc(-c2ccc(C(=O)N[C@H]3CN4CCC3CC4)s2)c1. The molecule has 5 heteroatoms. The second-order valence-electron chi connectivity index (χ2n) is 6.51. The van der Waals surface area contributed by atoms with Crippen LogP contribution in [0.5, 0.6) is 0 Å². The van der Waals surface area contributed by atoms with Gasteiger partial charge in [-0.15, -0.1) is 11.3 Å². The molecular weight excluding hydrogens is 306 g/mol. The van der Waals surface area contributed by atoms with Gasteiger partial charge in [-0.3, -0.25) is 4.79 Å². The number of nitrogen functional groups attached to an aromatic ring is 1. The molecule has 2 bridgehead atoms. The van der Waals surface area contributed by atoms with Crippen molar-refractivity contribution in [2.24, 2.45) is 5.92 Å². The predicted octanol–water partition coefficient (Wildman–Crippen LogP) is 2.82. The summed E-state index contributed by atoms with van der Waals surface area (Å²) in [6.07, 6.45) is 2.42. The lowest BCUT2D eigenvalue weighted by Gasteiger charge is -2.44. The Labute approximate surface area is 140 Å². The molecule has 0 unspecified atom stereocenters. The van der Waals surface area contributed by atoms with Gasteiger partial charge in [-0.05, 0) is 61.7 Å². The molecule has 1 atom stereocenters. The smallest absolute Gasteiger partial charge is 0.261 e. The van der Waals surface area contributed by atoms with Gasteiger partial charge in [0.15, 0.2) is 0 Å². The van der Waals surface area contributed by atoms with E-state index in [2.05, 4.69) is 10.2 Å². The van der Waals surface area contributed by atoms with E-state index in [0.29, 0.717) is 12.0 Å². The maximum Gasteiger partial charge on any atom is 0.261 e. The zero-order valence-electron chi connectivity index (χ0n) is 13.0. The summed E-state index contributed by atoms with van der Waals surface area (Å²) in [6, 6.07) is 12.0. The number of carbonyl (C=O) groups is 1. The first-order chi connectivity index (χ1) is 11.2. The van der Waals surface area contributed by atoms with E-state index in [1.165, 1.54) is 37.3 Å². The Bertz CT molecular complexity index is 719. The normalized spacial score (nSPS) is 26.2. The van der Waals surface area contributed by atoms with Crippen LogP contribution in [0.25, 0.3) is 10.4 Å². The molecule has 0 aliphatic carbocycles. The van der Waals surface area contributed by atoms with E-state index in [-0.39, 0.29) is 5.91 Å². The predicted molar refractivity (Wildman–Crippen MR) is 94.6 cm³/mol. The molecule has 4 nitrogen and oxygen atoms in total. The molecule has 1 amide bonds. The topological polar surface area (TPSA) is 58.4 Å². The first-order valence-corrected chi connectivity index (χ1v) is 9.00. The number of nitrogens with one attached hydrogen (secondary N) is 1. The largest absolute Gasteiger partial charge is 0.399 e. The summed E-state index contributed by atoms with van der Waals surface area (Å²) >= 11 is 1.53. The Morgan fingerprint density at radius 1 is 1.22 bits per heavy atom. The molecule has 5 rings (SSSR count). The van der Waals surface area contributed by atoms with Crippen molar-refractivity contribution in [3.8, 4) is 10.4 Å². The fourth-order valence-corrected chi connectivity index (χ4v) is 4.58. The van der Waals surface area contributed by atoms with Crippen molar-refractivity contribution in [3.05, 3.63) is 41.3 Å². The molecular formula is C18H21N3OS. The van der Waals surface area contributed by atoms with Gasteiger partial charge >= 0.3 is 0 Å². The second-order valence-corrected chi connectivity index (χ2v) is 7.59. The average molecular weight is 327 g/mol. The van der Waals surface area contributed by atoms with Crippen LogP contribution in [0.15, 0.2) is 36.4 Å². The molecule has 3 saturated heterocycles. The Balaban J connectivity index is 1.47. The van der Waals surface area contributed by atoms with E-state index in [0.717, 1.165) is 27.5 Å². The summed E-state index contributed by atoms with van der Waals surface area (Å²) < 4.78 is 0. The number of hydrogen-bond acceptors (Lipinski definition) is 4. The highest BCUT2D eigenvalue weighted by Gasteiger charge is 2.35. The Morgan fingerprint density at radius 2 is 2.04 bits per heavy atom. The first-order valence-electron chi connectivity index (χ1n) is 8.18. The molecule has 3 aliphatic rings. The fourth-order valence-electron chi connectivity index (χ4n) is 3.68. The summed E-state index contributed by atoms with van der Waals surface area (Å²) in [4.78, 5) is 16.9. The minimum atomic E-state index is 0.0592. The number of rotatable bonds is 3. The van der Waals surface area contributed by atoms with Gasteiger partial charge in [0.1, 0.15) is 0 Å².